The Morgan fingerprint density at radius 1 is 1.19 bits per heavy atom. The SMILES string of the molecule is CCCCOc1ccc(COc2ccc3c(c2)OCC3OC(C)=O)c(Cl)c1. The van der Waals surface area contributed by atoms with Crippen LogP contribution < -0.4 is 14.2 Å². The summed E-state index contributed by atoms with van der Waals surface area (Å²) in [6.45, 7) is 4.85. The van der Waals surface area contributed by atoms with Gasteiger partial charge in [-0.2, -0.15) is 0 Å². The van der Waals surface area contributed by atoms with E-state index in [0.29, 0.717) is 36.3 Å². The highest BCUT2D eigenvalue weighted by Gasteiger charge is 2.27. The van der Waals surface area contributed by atoms with Gasteiger partial charge in [-0.1, -0.05) is 31.0 Å². The quantitative estimate of drug-likeness (QED) is 0.464. The Balaban J connectivity index is 1.60. The second kappa shape index (κ2) is 9.00. The Morgan fingerprint density at radius 2 is 1.96 bits per heavy atom. The van der Waals surface area contributed by atoms with Crippen molar-refractivity contribution in [2.24, 2.45) is 0 Å². The molecular weight excluding hydrogens is 368 g/mol. The largest absolute Gasteiger partial charge is 0.494 e. The van der Waals surface area contributed by atoms with Gasteiger partial charge in [0.15, 0.2) is 6.10 Å². The van der Waals surface area contributed by atoms with Crippen LogP contribution in [0.2, 0.25) is 5.02 Å². The van der Waals surface area contributed by atoms with Crippen LogP contribution in [-0.2, 0) is 16.1 Å². The summed E-state index contributed by atoms with van der Waals surface area (Å²) < 4.78 is 22.3. The third kappa shape index (κ3) is 5.07. The van der Waals surface area contributed by atoms with Crippen LogP contribution in [0.15, 0.2) is 36.4 Å². The fourth-order valence-electron chi connectivity index (χ4n) is 2.78. The summed E-state index contributed by atoms with van der Waals surface area (Å²) in [6.07, 6.45) is 1.74. The molecule has 0 aromatic heterocycles. The highest BCUT2D eigenvalue weighted by molar-refractivity contribution is 6.31. The van der Waals surface area contributed by atoms with E-state index in [1.54, 1.807) is 6.07 Å². The third-order valence-corrected chi connectivity index (χ3v) is 4.57. The number of hydrogen-bond acceptors (Lipinski definition) is 5. The zero-order valence-electron chi connectivity index (χ0n) is 15.5. The maximum atomic E-state index is 11.1. The number of unbranched alkanes of at least 4 members (excludes halogenated alkanes) is 1. The first kappa shape index (κ1) is 19.4. The van der Waals surface area contributed by atoms with Crippen molar-refractivity contribution < 1.29 is 23.7 Å². The van der Waals surface area contributed by atoms with Gasteiger partial charge in [0.1, 0.15) is 30.5 Å². The third-order valence-electron chi connectivity index (χ3n) is 4.22. The fraction of sp³-hybridized carbons (Fsp3) is 0.381. The van der Waals surface area contributed by atoms with E-state index < -0.39 is 0 Å². The average Bonchev–Trinajstić information content (AvgIpc) is 3.03. The lowest BCUT2D eigenvalue weighted by molar-refractivity contribution is -0.147. The predicted molar refractivity (Wildman–Crippen MR) is 103 cm³/mol. The zero-order chi connectivity index (χ0) is 19.2. The minimum atomic E-state index is -0.360. The van der Waals surface area contributed by atoms with E-state index in [2.05, 4.69) is 6.92 Å². The van der Waals surface area contributed by atoms with E-state index in [9.17, 15) is 4.79 Å². The molecule has 0 bridgehead atoms. The fourth-order valence-corrected chi connectivity index (χ4v) is 3.00. The molecule has 0 fully saturated rings. The van der Waals surface area contributed by atoms with Gasteiger partial charge in [-0.15, -0.1) is 0 Å². The van der Waals surface area contributed by atoms with Crippen LogP contribution in [0.1, 0.15) is 43.9 Å². The first-order valence-corrected chi connectivity index (χ1v) is 9.42. The van der Waals surface area contributed by atoms with Crippen LogP contribution in [-0.4, -0.2) is 19.2 Å². The summed E-state index contributed by atoms with van der Waals surface area (Å²) in [6, 6.07) is 11.1. The van der Waals surface area contributed by atoms with Gasteiger partial charge in [-0.05, 0) is 30.7 Å². The first-order valence-electron chi connectivity index (χ1n) is 9.04. The molecule has 144 valence electrons. The Labute approximate surface area is 164 Å². The van der Waals surface area contributed by atoms with Gasteiger partial charge in [-0.3, -0.25) is 4.79 Å². The maximum Gasteiger partial charge on any atom is 0.303 e. The van der Waals surface area contributed by atoms with Crippen LogP contribution in [0.3, 0.4) is 0 Å². The van der Waals surface area contributed by atoms with Crippen molar-refractivity contribution in [1.82, 2.24) is 0 Å². The second-order valence-corrected chi connectivity index (χ2v) is 6.76. The normalized spacial score (nSPS) is 15.0. The van der Waals surface area contributed by atoms with Crippen molar-refractivity contribution >= 4 is 17.6 Å². The molecule has 0 N–H and O–H groups in total. The van der Waals surface area contributed by atoms with Crippen molar-refractivity contribution in [2.45, 2.75) is 39.4 Å². The van der Waals surface area contributed by atoms with Crippen molar-refractivity contribution in [3.05, 3.63) is 52.5 Å². The van der Waals surface area contributed by atoms with E-state index in [1.165, 1.54) is 6.92 Å². The summed E-state index contributed by atoms with van der Waals surface area (Å²) in [5.41, 5.74) is 1.72. The van der Waals surface area contributed by atoms with Crippen LogP contribution in [0.5, 0.6) is 17.2 Å². The number of benzene rings is 2. The van der Waals surface area contributed by atoms with Gasteiger partial charge >= 0.3 is 5.97 Å². The predicted octanol–water partition coefficient (Wildman–Crippen LogP) is 5.09. The molecule has 1 heterocycles. The molecule has 1 unspecified atom stereocenters. The molecule has 5 nitrogen and oxygen atoms in total. The summed E-state index contributed by atoms with van der Waals surface area (Å²) in [7, 11) is 0. The monoisotopic (exact) mass is 390 g/mol. The van der Waals surface area contributed by atoms with Crippen molar-refractivity contribution in [2.75, 3.05) is 13.2 Å². The van der Waals surface area contributed by atoms with Gasteiger partial charge in [0.05, 0.1) is 11.6 Å². The molecule has 1 aliphatic heterocycles. The topological polar surface area (TPSA) is 54.0 Å². The Bertz CT molecular complexity index is 805. The van der Waals surface area contributed by atoms with Crippen LogP contribution in [0.25, 0.3) is 0 Å². The second-order valence-electron chi connectivity index (χ2n) is 6.35. The molecule has 0 aliphatic carbocycles. The van der Waals surface area contributed by atoms with Gasteiger partial charge in [0.25, 0.3) is 0 Å². The summed E-state index contributed by atoms with van der Waals surface area (Å²) in [5, 5.41) is 0.608. The van der Waals surface area contributed by atoms with Crippen molar-refractivity contribution in [3.8, 4) is 17.2 Å². The molecule has 6 heteroatoms. The summed E-state index contributed by atoms with van der Waals surface area (Å²) >= 11 is 6.34. The lowest BCUT2D eigenvalue weighted by Gasteiger charge is -2.12. The van der Waals surface area contributed by atoms with Crippen LogP contribution in [0, 0.1) is 0 Å². The molecule has 0 spiro atoms. The summed E-state index contributed by atoms with van der Waals surface area (Å²) in [5.74, 6) is 1.77. The molecule has 0 saturated carbocycles. The lowest BCUT2D eigenvalue weighted by atomic mass is 10.1. The van der Waals surface area contributed by atoms with E-state index in [0.717, 1.165) is 29.7 Å². The average molecular weight is 391 g/mol. The van der Waals surface area contributed by atoms with Crippen LogP contribution >= 0.6 is 11.6 Å². The molecule has 27 heavy (non-hydrogen) atoms. The zero-order valence-corrected chi connectivity index (χ0v) is 16.3. The Hall–Kier alpha value is -2.40. The molecule has 1 atom stereocenters. The molecule has 0 saturated heterocycles. The smallest absolute Gasteiger partial charge is 0.303 e. The molecule has 1 aliphatic rings. The number of fused-ring (bicyclic) bond motifs is 1. The molecule has 0 amide bonds. The minimum Gasteiger partial charge on any atom is -0.494 e. The molecule has 0 radical (unpaired) electrons. The first-order chi connectivity index (χ1) is 13.1. The summed E-state index contributed by atoms with van der Waals surface area (Å²) in [4.78, 5) is 11.1. The number of ether oxygens (including phenoxy) is 4. The van der Waals surface area contributed by atoms with Crippen molar-refractivity contribution in [1.29, 1.82) is 0 Å². The minimum absolute atomic E-state index is 0.323. The Kier molecular flexibility index (Phi) is 6.45. The van der Waals surface area contributed by atoms with Gasteiger partial charge < -0.3 is 18.9 Å². The molecule has 2 aromatic carbocycles. The van der Waals surface area contributed by atoms with Gasteiger partial charge in [-0.25, -0.2) is 0 Å². The van der Waals surface area contributed by atoms with Gasteiger partial charge in [0.2, 0.25) is 0 Å². The number of carbonyl (C=O) groups is 1. The van der Waals surface area contributed by atoms with Crippen molar-refractivity contribution in [3.63, 3.8) is 0 Å². The van der Waals surface area contributed by atoms with E-state index in [1.807, 2.05) is 30.3 Å². The Morgan fingerprint density at radius 3 is 2.70 bits per heavy atom. The van der Waals surface area contributed by atoms with Crippen LogP contribution in [0.4, 0.5) is 0 Å². The molecule has 2 aromatic rings. The van der Waals surface area contributed by atoms with E-state index in [4.69, 9.17) is 30.5 Å². The number of esters is 1. The molecular formula is C21H23ClO5. The maximum absolute atomic E-state index is 11.1. The molecule has 3 rings (SSSR count). The standard InChI is InChI=1S/C21H23ClO5/c1-3-4-9-24-16-6-5-15(19(22)10-16)12-25-17-7-8-18-20(11-17)26-13-21(18)27-14(2)23/h5-8,10-11,21H,3-4,9,12-13H2,1-2H3. The van der Waals surface area contributed by atoms with E-state index in [-0.39, 0.29) is 12.1 Å². The number of halogens is 1. The lowest BCUT2D eigenvalue weighted by Crippen LogP contribution is -2.09. The number of hydrogen-bond donors (Lipinski definition) is 0. The highest BCUT2D eigenvalue weighted by atomic mass is 35.5. The number of carbonyl (C=O) groups excluding carboxylic acids is 1. The highest BCUT2D eigenvalue weighted by Crippen LogP contribution is 2.37. The van der Waals surface area contributed by atoms with Gasteiger partial charge in [0, 0.05) is 24.1 Å². The van der Waals surface area contributed by atoms with E-state index >= 15 is 0 Å². The number of rotatable bonds is 8.